The maximum Gasteiger partial charge on any atom is 0.271 e. The zero-order valence-electron chi connectivity index (χ0n) is 21.5. The highest BCUT2D eigenvalue weighted by atomic mass is 32.2. The van der Waals surface area contributed by atoms with E-state index in [1.165, 1.54) is 30.2 Å². The van der Waals surface area contributed by atoms with Crippen LogP contribution in [0.5, 0.6) is 5.75 Å². The van der Waals surface area contributed by atoms with E-state index in [2.05, 4.69) is 5.32 Å². The molecule has 0 aliphatic rings. The minimum absolute atomic E-state index is 0.0215. The second-order valence-electron chi connectivity index (χ2n) is 8.49. The van der Waals surface area contributed by atoms with E-state index in [9.17, 15) is 28.1 Å². The Morgan fingerprint density at radius 2 is 1.84 bits per heavy atom. The molecule has 0 saturated carbocycles. The van der Waals surface area contributed by atoms with E-state index < -0.39 is 33.4 Å². The Kier molecular flexibility index (Phi) is 10.9. The topological polar surface area (TPSA) is 139 Å². The van der Waals surface area contributed by atoms with E-state index in [1.807, 2.05) is 6.92 Å². The van der Waals surface area contributed by atoms with Gasteiger partial charge in [0.25, 0.3) is 5.69 Å². The summed E-state index contributed by atoms with van der Waals surface area (Å²) in [5, 5.41) is 14.1. The molecule has 0 fully saturated rings. The van der Waals surface area contributed by atoms with Crippen LogP contribution in [-0.2, 0) is 26.2 Å². The van der Waals surface area contributed by atoms with Gasteiger partial charge < -0.3 is 15.0 Å². The molecule has 0 saturated heterocycles. The lowest BCUT2D eigenvalue weighted by atomic mass is 10.1. The van der Waals surface area contributed by atoms with Crippen molar-refractivity contribution in [2.24, 2.45) is 0 Å². The molecule has 2 amide bonds. The number of benzene rings is 2. The lowest BCUT2D eigenvalue weighted by Crippen LogP contribution is -2.52. The van der Waals surface area contributed by atoms with Crippen LogP contribution in [0, 0.1) is 10.1 Å². The minimum atomic E-state index is -4.00. The summed E-state index contributed by atoms with van der Waals surface area (Å²) in [6.07, 6.45) is 2.88. The molecule has 0 bridgehead atoms. The van der Waals surface area contributed by atoms with Gasteiger partial charge in [-0.15, -0.1) is 0 Å². The summed E-state index contributed by atoms with van der Waals surface area (Å²) in [5.41, 5.74) is 0.356. The summed E-state index contributed by atoms with van der Waals surface area (Å²) in [6, 6.07) is 11.2. The van der Waals surface area contributed by atoms with Crippen molar-refractivity contribution in [2.75, 3.05) is 30.8 Å². The number of ether oxygens (including phenoxy) is 1. The van der Waals surface area contributed by atoms with Crippen LogP contribution in [0.25, 0.3) is 0 Å². The van der Waals surface area contributed by atoms with Crippen LogP contribution in [0.15, 0.2) is 48.5 Å². The second-order valence-corrected chi connectivity index (χ2v) is 10.4. The first-order valence-electron chi connectivity index (χ1n) is 11.9. The van der Waals surface area contributed by atoms with Crippen LogP contribution >= 0.6 is 0 Å². The number of methoxy groups -OCH3 is 1. The van der Waals surface area contributed by atoms with E-state index >= 15 is 0 Å². The summed E-state index contributed by atoms with van der Waals surface area (Å²) in [6.45, 7) is 3.61. The molecule has 2 rings (SSSR count). The van der Waals surface area contributed by atoms with Crippen LogP contribution < -0.4 is 14.4 Å². The van der Waals surface area contributed by atoms with Crippen molar-refractivity contribution in [3.8, 4) is 5.75 Å². The van der Waals surface area contributed by atoms with Gasteiger partial charge in [-0.05, 0) is 36.6 Å². The fourth-order valence-corrected chi connectivity index (χ4v) is 4.61. The third-order valence-electron chi connectivity index (χ3n) is 5.71. The number of nitrogens with one attached hydrogen (secondary N) is 1. The van der Waals surface area contributed by atoms with Crippen molar-refractivity contribution in [1.29, 1.82) is 0 Å². The molecule has 0 spiro atoms. The smallest absolute Gasteiger partial charge is 0.271 e. The number of non-ortho nitro benzene ring substituents is 1. The lowest BCUT2D eigenvalue weighted by Gasteiger charge is -2.33. The van der Waals surface area contributed by atoms with Gasteiger partial charge in [-0.1, -0.05) is 38.5 Å². The predicted molar refractivity (Wildman–Crippen MR) is 141 cm³/mol. The van der Waals surface area contributed by atoms with Gasteiger partial charge in [0.05, 0.1) is 24.0 Å². The third-order valence-corrected chi connectivity index (χ3v) is 6.85. The first-order chi connectivity index (χ1) is 17.5. The van der Waals surface area contributed by atoms with Gasteiger partial charge in [0.1, 0.15) is 18.3 Å². The van der Waals surface area contributed by atoms with Crippen LogP contribution in [0.3, 0.4) is 0 Å². The summed E-state index contributed by atoms with van der Waals surface area (Å²) >= 11 is 0. The molecule has 2 aromatic carbocycles. The van der Waals surface area contributed by atoms with E-state index in [0.717, 1.165) is 29.5 Å². The number of rotatable bonds is 14. The number of nitro benzene ring substituents is 1. The fourth-order valence-electron chi connectivity index (χ4n) is 3.77. The molecule has 37 heavy (non-hydrogen) atoms. The normalized spacial score (nSPS) is 11.9. The molecule has 202 valence electrons. The summed E-state index contributed by atoms with van der Waals surface area (Å²) in [5.74, 6) is -0.398. The summed E-state index contributed by atoms with van der Waals surface area (Å²) < 4.78 is 31.4. The average molecular weight is 535 g/mol. The highest BCUT2D eigenvalue weighted by molar-refractivity contribution is 7.92. The van der Waals surface area contributed by atoms with Crippen LogP contribution in [0.1, 0.15) is 38.7 Å². The van der Waals surface area contributed by atoms with E-state index in [0.29, 0.717) is 24.3 Å². The van der Waals surface area contributed by atoms with Gasteiger partial charge in [-0.3, -0.25) is 24.0 Å². The first-order valence-corrected chi connectivity index (χ1v) is 13.8. The fraction of sp³-hybridized carbons (Fsp3) is 0.440. The monoisotopic (exact) mass is 534 g/mol. The Bertz CT molecular complexity index is 1200. The number of carbonyl (C=O) groups excluding carboxylic acids is 2. The molecule has 1 N–H and O–H groups in total. The molecule has 0 heterocycles. The molecular formula is C25H34N4O7S. The van der Waals surface area contributed by atoms with E-state index in [4.69, 9.17) is 4.74 Å². The van der Waals surface area contributed by atoms with Gasteiger partial charge in [0.15, 0.2) is 0 Å². The molecule has 11 nitrogen and oxygen atoms in total. The van der Waals surface area contributed by atoms with Crippen molar-refractivity contribution < 1.29 is 27.7 Å². The number of unbranched alkanes of at least 4 members (excludes halogenated alkanes) is 1. The SMILES string of the molecule is CCCCNC(=O)[C@@H](CC)N(Cc1cccc(OC)c1)C(=O)CN(c1cccc([N+](=O)[O-])c1)S(C)(=O)=O. The molecule has 0 radical (unpaired) electrons. The van der Waals surface area contributed by atoms with Crippen molar-refractivity contribution in [2.45, 2.75) is 45.7 Å². The van der Waals surface area contributed by atoms with Crippen LogP contribution in [-0.4, -0.2) is 62.6 Å². The second kappa shape index (κ2) is 13.6. The third kappa shape index (κ3) is 8.45. The standard InChI is InChI=1S/C25H34N4O7S/c1-5-7-14-26-25(31)23(6-2)27(17-19-10-8-13-22(15-19)36-3)24(30)18-28(37(4,34)35)20-11-9-12-21(16-20)29(32)33/h8-13,15-16,23H,5-7,14,17-18H2,1-4H3,(H,26,31)/t23-/m1/s1. The molecule has 0 aliphatic heterocycles. The summed E-state index contributed by atoms with van der Waals surface area (Å²) in [4.78, 5) is 38.6. The number of amides is 2. The van der Waals surface area contributed by atoms with Gasteiger partial charge in [-0.25, -0.2) is 8.42 Å². The van der Waals surface area contributed by atoms with Gasteiger partial charge in [0, 0.05) is 25.2 Å². The number of nitro groups is 1. The largest absolute Gasteiger partial charge is 0.497 e. The number of sulfonamides is 1. The highest BCUT2D eigenvalue weighted by Crippen LogP contribution is 2.24. The maximum absolute atomic E-state index is 13.7. The molecule has 0 aromatic heterocycles. The Morgan fingerprint density at radius 1 is 1.14 bits per heavy atom. The first kappa shape index (κ1) is 29.6. The number of anilines is 1. The molecule has 12 heteroatoms. The van der Waals surface area contributed by atoms with Gasteiger partial charge >= 0.3 is 0 Å². The molecular weight excluding hydrogens is 500 g/mol. The zero-order valence-corrected chi connectivity index (χ0v) is 22.4. The van der Waals surface area contributed by atoms with Crippen molar-refractivity contribution >= 4 is 33.2 Å². The lowest BCUT2D eigenvalue weighted by molar-refractivity contribution is -0.384. The van der Waals surface area contributed by atoms with E-state index in [-0.39, 0.29) is 23.8 Å². The Labute approximate surface area is 217 Å². The van der Waals surface area contributed by atoms with Gasteiger partial charge in [0.2, 0.25) is 21.8 Å². The molecule has 1 atom stereocenters. The molecule has 0 unspecified atom stereocenters. The number of nitrogens with zero attached hydrogens (tertiary/aromatic N) is 3. The van der Waals surface area contributed by atoms with E-state index in [1.54, 1.807) is 31.2 Å². The number of carbonyl (C=O) groups is 2. The quantitative estimate of drug-likeness (QED) is 0.223. The predicted octanol–water partition coefficient (Wildman–Crippen LogP) is 3.09. The van der Waals surface area contributed by atoms with Crippen LogP contribution in [0.2, 0.25) is 0 Å². The van der Waals surface area contributed by atoms with Crippen molar-refractivity contribution in [3.63, 3.8) is 0 Å². The van der Waals surface area contributed by atoms with Gasteiger partial charge in [-0.2, -0.15) is 0 Å². The Morgan fingerprint density at radius 3 is 2.43 bits per heavy atom. The molecule has 2 aromatic rings. The average Bonchev–Trinajstić information content (AvgIpc) is 2.86. The minimum Gasteiger partial charge on any atom is -0.497 e. The molecule has 0 aliphatic carbocycles. The van der Waals surface area contributed by atoms with Crippen LogP contribution in [0.4, 0.5) is 11.4 Å². The van der Waals surface area contributed by atoms with Crippen molar-refractivity contribution in [3.05, 3.63) is 64.2 Å². The highest BCUT2D eigenvalue weighted by Gasteiger charge is 2.32. The Hall–Kier alpha value is -3.67. The Balaban J connectivity index is 2.46. The van der Waals surface area contributed by atoms with Crippen molar-refractivity contribution in [1.82, 2.24) is 10.2 Å². The summed E-state index contributed by atoms with van der Waals surface area (Å²) in [7, 11) is -2.49. The number of hydrogen-bond acceptors (Lipinski definition) is 7. The number of hydrogen-bond donors (Lipinski definition) is 1. The zero-order chi connectivity index (χ0) is 27.6. The maximum atomic E-state index is 13.7.